The number of carbonyl (C=O) groups is 1. The lowest BCUT2D eigenvalue weighted by molar-refractivity contribution is 0.0950. The van der Waals surface area contributed by atoms with E-state index in [-0.39, 0.29) is 23.0 Å². The van der Waals surface area contributed by atoms with Crippen LogP contribution in [0.5, 0.6) is 23.0 Å². The Hall–Kier alpha value is -5.14. The van der Waals surface area contributed by atoms with Crippen molar-refractivity contribution in [2.45, 2.75) is 0 Å². The molecule has 0 saturated heterocycles. The largest absolute Gasteiger partial charge is 0.497 e. The molecule has 2 heterocycles. The van der Waals surface area contributed by atoms with Crippen molar-refractivity contribution in [3.8, 4) is 40.1 Å². The van der Waals surface area contributed by atoms with E-state index in [1.807, 2.05) is 0 Å². The van der Waals surface area contributed by atoms with Crippen LogP contribution in [0, 0.1) is 0 Å². The average Bonchev–Trinajstić information content (AvgIpc) is 3.54. The van der Waals surface area contributed by atoms with Gasteiger partial charge in [-0.3, -0.25) is 4.79 Å². The maximum atomic E-state index is 13.1. The summed E-state index contributed by atoms with van der Waals surface area (Å²) in [7, 11) is 6.01. The number of rotatable bonds is 9. The number of hydrazone groups is 1. The molecule has 0 fully saturated rings. The van der Waals surface area contributed by atoms with Gasteiger partial charge in [0.1, 0.15) is 11.4 Å². The van der Waals surface area contributed by atoms with Crippen molar-refractivity contribution in [3.63, 3.8) is 0 Å². The van der Waals surface area contributed by atoms with Crippen LogP contribution in [0.1, 0.15) is 16.1 Å². The third kappa shape index (κ3) is 4.46. The summed E-state index contributed by atoms with van der Waals surface area (Å²) in [6, 6.07) is 10.3. The first-order valence-electron chi connectivity index (χ1n) is 10.3. The number of ether oxygens (including phenoxy) is 4. The van der Waals surface area contributed by atoms with Crippen molar-refractivity contribution in [1.82, 2.24) is 30.7 Å². The molecule has 4 aromatic rings. The van der Waals surface area contributed by atoms with Gasteiger partial charge in [-0.05, 0) is 34.6 Å². The Morgan fingerprint density at radius 3 is 2.53 bits per heavy atom. The molecule has 0 aliphatic heterocycles. The molecule has 36 heavy (non-hydrogen) atoms. The number of benzene rings is 2. The zero-order chi connectivity index (χ0) is 25.7. The van der Waals surface area contributed by atoms with Crippen molar-refractivity contribution < 1.29 is 28.4 Å². The Bertz CT molecular complexity index is 1410. The molecule has 14 heteroatoms. The summed E-state index contributed by atoms with van der Waals surface area (Å²) in [6.45, 7) is 0. The molecule has 4 rings (SSSR count). The number of amides is 1. The molecule has 0 spiro atoms. The highest BCUT2D eigenvalue weighted by Gasteiger charge is 2.25. The van der Waals surface area contributed by atoms with Gasteiger partial charge < -0.3 is 24.7 Å². The second kappa shape index (κ2) is 10.4. The van der Waals surface area contributed by atoms with E-state index in [1.165, 1.54) is 39.3 Å². The first-order valence-corrected chi connectivity index (χ1v) is 10.3. The molecule has 0 radical (unpaired) electrons. The highest BCUT2D eigenvalue weighted by atomic mass is 16.6. The van der Waals surface area contributed by atoms with Crippen molar-refractivity contribution in [2.24, 2.45) is 5.10 Å². The molecule has 0 bridgehead atoms. The Kier molecular flexibility index (Phi) is 6.95. The smallest absolute Gasteiger partial charge is 0.294 e. The lowest BCUT2D eigenvalue weighted by Gasteiger charge is -2.13. The Balaban J connectivity index is 1.69. The molecule has 0 aliphatic rings. The normalized spacial score (nSPS) is 10.9. The van der Waals surface area contributed by atoms with Crippen LogP contribution < -0.4 is 30.1 Å². The number of nitrogens with two attached hydrogens (primary N) is 1. The standard InChI is InChI=1S/C22H22N8O6/c1-32-14-7-5-6-12(10-14)17-16(25-29-30(17)21-20(23)27-36-28-21)22(31)26-24-11-13-8-9-15(33-2)19(35-4)18(13)34-3/h5-11H,1-4H3,(H2,23,27)(H,26,31)/b24-11+. The molecule has 2 aromatic heterocycles. The number of aromatic nitrogens is 5. The van der Waals surface area contributed by atoms with E-state index in [2.05, 4.69) is 35.8 Å². The fourth-order valence-corrected chi connectivity index (χ4v) is 3.39. The van der Waals surface area contributed by atoms with E-state index < -0.39 is 5.91 Å². The predicted octanol–water partition coefficient (Wildman–Crippen LogP) is 1.70. The van der Waals surface area contributed by atoms with Crippen molar-refractivity contribution in [3.05, 3.63) is 47.7 Å². The van der Waals surface area contributed by atoms with E-state index in [0.717, 1.165) is 0 Å². The maximum absolute atomic E-state index is 13.1. The molecule has 186 valence electrons. The Morgan fingerprint density at radius 1 is 1.06 bits per heavy atom. The SMILES string of the molecule is COc1cccc(-c2c(C(=O)N/N=C/c3ccc(OC)c(OC)c3OC)nnn2-c2nonc2N)c1. The molecular formula is C22H22N8O6. The zero-order valence-electron chi connectivity index (χ0n) is 19.8. The summed E-state index contributed by atoms with van der Waals surface area (Å²) in [5.41, 5.74) is 9.59. The number of nitrogens with zero attached hydrogens (tertiary/aromatic N) is 6. The lowest BCUT2D eigenvalue weighted by Crippen LogP contribution is -2.19. The quantitative estimate of drug-likeness (QED) is 0.256. The average molecular weight is 494 g/mol. The summed E-state index contributed by atoms with van der Waals surface area (Å²) in [6.07, 6.45) is 1.40. The second-order valence-corrected chi connectivity index (χ2v) is 7.03. The molecule has 3 N–H and O–H groups in total. The fourth-order valence-electron chi connectivity index (χ4n) is 3.39. The van der Waals surface area contributed by atoms with Crippen molar-refractivity contribution in [1.29, 1.82) is 0 Å². The number of nitrogens with one attached hydrogen (secondary N) is 1. The summed E-state index contributed by atoms with van der Waals surface area (Å²) in [5.74, 6) is 1.19. The number of hydrogen-bond donors (Lipinski definition) is 2. The van der Waals surface area contributed by atoms with Crippen LogP contribution in [-0.4, -0.2) is 65.9 Å². The molecular weight excluding hydrogens is 472 g/mol. The van der Waals surface area contributed by atoms with Crippen LogP contribution in [0.3, 0.4) is 0 Å². The Morgan fingerprint density at radius 2 is 1.86 bits per heavy atom. The van der Waals surface area contributed by atoms with Gasteiger partial charge in [0, 0.05) is 11.1 Å². The highest BCUT2D eigenvalue weighted by molar-refractivity contribution is 5.99. The second-order valence-electron chi connectivity index (χ2n) is 7.03. The minimum atomic E-state index is -0.648. The number of methoxy groups -OCH3 is 4. The number of anilines is 1. The van der Waals surface area contributed by atoms with E-state index in [9.17, 15) is 4.79 Å². The highest BCUT2D eigenvalue weighted by Crippen LogP contribution is 2.39. The van der Waals surface area contributed by atoms with Gasteiger partial charge in [0.2, 0.25) is 17.4 Å². The van der Waals surface area contributed by atoms with Gasteiger partial charge in [-0.2, -0.15) is 9.78 Å². The molecule has 2 aromatic carbocycles. The van der Waals surface area contributed by atoms with Gasteiger partial charge in [0.15, 0.2) is 17.2 Å². The van der Waals surface area contributed by atoms with Gasteiger partial charge in [-0.15, -0.1) is 5.10 Å². The van der Waals surface area contributed by atoms with E-state index >= 15 is 0 Å². The number of hydrogen-bond acceptors (Lipinski definition) is 12. The van der Waals surface area contributed by atoms with E-state index in [1.54, 1.807) is 36.4 Å². The molecule has 0 atom stereocenters. The number of carbonyl (C=O) groups excluding carboxylic acids is 1. The first kappa shape index (κ1) is 24.0. The first-order chi connectivity index (χ1) is 17.5. The van der Waals surface area contributed by atoms with E-state index in [4.69, 9.17) is 24.7 Å². The van der Waals surface area contributed by atoms with Crippen LogP contribution in [0.15, 0.2) is 46.1 Å². The lowest BCUT2D eigenvalue weighted by atomic mass is 10.1. The predicted molar refractivity (Wildman–Crippen MR) is 127 cm³/mol. The van der Waals surface area contributed by atoms with Gasteiger partial charge in [0.05, 0.1) is 34.7 Å². The van der Waals surface area contributed by atoms with Gasteiger partial charge in [-0.1, -0.05) is 17.3 Å². The fraction of sp³-hybridized carbons (Fsp3) is 0.182. The van der Waals surface area contributed by atoms with Crippen LogP contribution in [0.2, 0.25) is 0 Å². The van der Waals surface area contributed by atoms with Crippen LogP contribution in [-0.2, 0) is 0 Å². The molecule has 0 unspecified atom stereocenters. The topological polar surface area (TPSA) is 174 Å². The van der Waals surface area contributed by atoms with Crippen LogP contribution >= 0.6 is 0 Å². The van der Waals surface area contributed by atoms with Crippen molar-refractivity contribution in [2.75, 3.05) is 34.2 Å². The molecule has 1 amide bonds. The number of nitrogen functional groups attached to an aromatic ring is 1. The van der Waals surface area contributed by atoms with Crippen molar-refractivity contribution >= 4 is 17.9 Å². The molecule has 0 aliphatic carbocycles. The molecule has 0 saturated carbocycles. The third-order valence-electron chi connectivity index (χ3n) is 5.03. The molecule has 14 nitrogen and oxygen atoms in total. The summed E-state index contributed by atoms with van der Waals surface area (Å²) in [5, 5.41) is 19.4. The maximum Gasteiger partial charge on any atom is 0.294 e. The summed E-state index contributed by atoms with van der Waals surface area (Å²) in [4.78, 5) is 13.1. The van der Waals surface area contributed by atoms with Crippen LogP contribution in [0.25, 0.3) is 17.1 Å². The van der Waals surface area contributed by atoms with E-state index in [0.29, 0.717) is 34.1 Å². The summed E-state index contributed by atoms with van der Waals surface area (Å²) >= 11 is 0. The van der Waals surface area contributed by atoms with Gasteiger partial charge in [0.25, 0.3) is 5.91 Å². The zero-order valence-corrected chi connectivity index (χ0v) is 19.8. The summed E-state index contributed by atoms with van der Waals surface area (Å²) < 4.78 is 27.3. The van der Waals surface area contributed by atoms with Gasteiger partial charge in [-0.25, -0.2) is 10.1 Å². The minimum absolute atomic E-state index is 0.0328. The Labute approximate surface area is 204 Å². The minimum Gasteiger partial charge on any atom is -0.497 e. The third-order valence-corrected chi connectivity index (χ3v) is 5.03. The monoisotopic (exact) mass is 494 g/mol. The van der Waals surface area contributed by atoms with Crippen LogP contribution in [0.4, 0.5) is 5.82 Å². The van der Waals surface area contributed by atoms with Gasteiger partial charge >= 0.3 is 0 Å².